The van der Waals surface area contributed by atoms with Gasteiger partial charge in [-0.15, -0.1) is 0 Å². The molecule has 0 radical (unpaired) electrons. The van der Waals surface area contributed by atoms with Crippen molar-refractivity contribution in [3.63, 3.8) is 0 Å². The first-order valence-electron chi connectivity index (χ1n) is 10.7. The Bertz CT molecular complexity index is 957. The minimum absolute atomic E-state index is 0.00163. The second-order valence-electron chi connectivity index (χ2n) is 8.71. The van der Waals surface area contributed by atoms with E-state index in [1.807, 2.05) is 41.6 Å². The molecule has 2 aliphatic heterocycles. The molecule has 2 saturated heterocycles. The molecule has 0 bridgehead atoms. The van der Waals surface area contributed by atoms with E-state index in [4.69, 9.17) is 16.3 Å². The van der Waals surface area contributed by atoms with E-state index < -0.39 is 0 Å². The summed E-state index contributed by atoms with van der Waals surface area (Å²) in [5.74, 6) is 0.778. The Morgan fingerprint density at radius 1 is 1.19 bits per heavy atom. The summed E-state index contributed by atoms with van der Waals surface area (Å²) in [5.41, 5.74) is 8.95. The van der Waals surface area contributed by atoms with Crippen LogP contribution in [0.15, 0.2) is 36.7 Å². The Morgan fingerprint density at radius 3 is 2.74 bits per heavy atom. The van der Waals surface area contributed by atoms with Crippen molar-refractivity contribution in [1.29, 1.82) is 0 Å². The molecule has 1 aromatic heterocycles. The summed E-state index contributed by atoms with van der Waals surface area (Å²) in [7, 11) is 1.56. The molecule has 5 unspecified atom stereocenters. The largest absolute Gasteiger partial charge is 0.467 e. The smallest absolute Gasteiger partial charge is 0.318 e. The number of aromatic nitrogens is 2. The van der Waals surface area contributed by atoms with Crippen molar-refractivity contribution in [2.75, 3.05) is 13.7 Å². The molecule has 164 valence electrons. The van der Waals surface area contributed by atoms with E-state index in [9.17, 15) is 4.79 Å². The van der Waals surface area contributed by atoms with Crippen LogP contribution in [0.4, 0.5) is 4.79 Å². The van der Waals surface area contributed by atoms with E-state index >= 15 is 0 Å². The van der Waals surface area contributed by atoms with Gasteiger partial charge in [0.15, 0.2) is 0 Å². The molecule has 3 fully saturated rings. The number of carbonyl (C=O) groups is 1. The van der Waals surface area contributed by atoms with Crippen molar-refractivity contribution in [1.82, 2.24) is 31.0 Å². The van der Waals surface area contributed by atoms with Crippen LogP contribution in [-0.4, -0.2) is 46.6 Å². The summed E-state index contributed by atoms with van der Waals surface area (Å²) in [5, 5.41) is 3.95. The van der Waals surface area contributed by atoms with Gasteiger partial charge >= 0.3 is 12.0 Å². The van der Waals surface area contributed by atoms with Gasteiger partial charge < -0.3 is 15.0 Å². The zero-order valence-electron chi connectivity index (χ0n) is 17.6. The molecule has 2 amide bonds. The van der Waals surface area contributed by atoms with Gasteiger partial charge in [0, 0.05) is 41.6 Å². The van der Waals surface area contributed by atoms with Crippen LogP contribution in [0.3, 0.4) is 0 Å². The topological polar surface area (TPSA) is 91.4 Å². The molecule has 2 aromatic rings. The third-order valence-electron chi connectivity index (χ3n) is 7.01. The molecule has 3 aliphatic rings. The zero-order valence-corrected chi connectivity index (χ0v) is 18.3. The number of hydrogen-bond acceptors (Lipinski definition) is 6. The van der Waals surface area contributed by atoms with Gasteiger partial charge in [-0.1, -0.05) is 23.7 Å². The van der Waals surface area contributed by atoms with Gasteiger partial charge in [0.25, 0.3) is 0 Å². The SMILES string of the molecule is COc1ncc(C2NNC3CC4NC(=O)N([C@H](C)c5cccc(Cl)c5)CC4CC32)cn1. The lowest BCUT2D eigenvalue weighted by atomic mass is 9.71. The Balaban J connectivity index is 1.32. The minimum Gasteiger partial charge on any atom is -0.467 e. The second kappa shape index (κ2) is 8.26. The fourth-order valence-corrected chi connectivity index (χ4v) is 5.51. The first kappa shape index (κ1) is 20.5. The third-order valence-corrected chi connectivity index (χ3v) is 7.25. The molecule has 3 heterocycles. The monoisotopic (exact) mass is 442 g/mol. The van der Waals surface area contributed by atoms with Gasteiger partial charge in [-0.3, -0.25) is 5.43 Å². The molecular weight excluding hydrogens is 416 g/mol. The van der Waals surface area contributed by atoms with Gasteiger partial charge in [0.2, 0.25) is 0 Å². The number of methoxy groups -OCH3 is 1. The summed E-state index contributed by atoms with van der Waals surface area (Å²) < 4.78 is 5.08. The van der Waals surface area contributed by atoms with Gasteiger partial charge in [-0.2, -0.15) is 0 Å². The average molecular weight is 443 g/mol. The molecular formula is C22H27ClN6O2. The van der Waals surface area contributed by atoms with Gasteiger partial charge in [-0.25, -0.2) is 20.2 Å². The van der Waals surface area contributed by atoms with Crippen LogP contribution >= 0.6 is 11.6 Å². The second-order valence-corrected chi connectivity index (χ2v) is 9.15. The van der Waals surface area contributed by atoms with Crippen molar-refractivity contribution < 1.29 is 9.53 Å². The number of nitrogens with zero attached hydrogens (tertiary/aromatic N) is 3. The molecule has 6 atom stereocenters. The first-order valence-corrected chi connectivity index (χ1v) is 11.1. The zero-order chi connectivity index (χ0) is 21.5. The number of halogens is 1. The maximum atomic E-state index is 12.9. The van der Waals surface area contributed by atoms with Crippen molar-refractivity contribution in [2.24, 2.45) is 11.8 Å². The van der Waals surface area contributed by atoms with Crippen LogP contribution in [0.25, 0.3) is 0 Å². The van der Waals surface area contributed by atoms with Gasteiger partial charge in [0.1, 0.15) is 0 Å². The third kappa shape index (κ3) is 3.84. The number of hydrogen-bond donors (Lipinski definition) is 3. The summed E-state index contributed by atoms with van der Waals surface area (Å²) in [4.78, 5) is 23.4. The van der Waals surface area contributed by atoms with Crippen LogP contribution in [0.5, 0.6) is 6.01 Å². The lowest BCUT2D eigenvalue weighted by molar-refractivity contribution is 0.0835. The highest BCUT2D eigenvalue weighted by Crippen LogP contribution is 2.42. The number of hydrazine groups is 1. The number of amides is 2. The summed E-state index contributed by atoms with van der Waals surface area (Å²) >= 11 is 6.18. The van der Waals surface area contributed by atoms with E-state index in [0.717, 1.165) is 30.5 Å². The van der Waals surface area contributed by atoms with Crippen molar-refractivity contribution in [2.45, 2.75) is 43.9 Å². The minimum atomic E-state index is -0.0389. The van der Waals surface area contributed by atoms with Gasteiger partial charge in [0.05, 0.1) is 19.2 Å². The summed E-state index contributed by atoms with van der Waals surface area (Å²) in [6, 6.07) is 8.69. The van der Waals surface area contributed by atoms with E-state index in [0.29, 0.717) is 28.9 Å². The van der Waals surface area contributed by atoms with Crippen LogP contribution in [0, 0.1) is 11.8 Å². The number of fused-ring (bicyclic) bond motifs is 2. The predicted octanol–water partition coefficient (Wildman–Crippen LogP) is 2.84. The van der Waals surface area contributed by atoms with Crippen LogP contribution in [-0.2, 0) is 0 Å². The molecule has 8 nitrogen and oxygen atoms in total. The quantitative estimate of drug-likeness (QED) is 0.674. The van der Waals surface area contributed by atoms with Crippen molar-refractivity contribution in [3.8, 4) is 6.01 Å². The van der Waals surface area contributed by atoms with Crippen molar-refractivity contribution >= 4 is 17.6 Å². The Morgan fingerprint density at radius 2 is 2.00 bits per heavy atom. The maximum Gasteiger partial charge on any atom is 0.318 e. The predicted molar refractivity (Wildman–Crippen MR) is 116 cm³/mol. The summed E-state index contributed by atoms with van der Waals surface area (Å²) in [6.45, 7) is 2.80. The van der Waals surface area contributed by atoms with E-state index in [1.54, 1.807) is 7.11 Å². The maximum absolute atomic E-state index is 12.9. The highest BCUT2D eigenvalue weighted by Gasteiger charge is 2.48. The number of carbonyl (C=O) groups excluding carboxylic acids is 1. The Kier molecular flexibility index (Phi) is 5.45. The lowest BCUT2D eigenvalue weighted by Gasteiger charge is -2.47. The average Bonchev–Trinajstić information content (AvgIpc) is 3.19. The molecule has 9 heteroatoms. The number of benzene rings is 1. The fourth-order valence-electron chi connectivity index (χ4n) is 5.32. The Labute approximate surface area is 186 Å². The molecule has 3 N–H and O–H groups in total. The standard InChI is InChI=1S/C22H27ClN6O2/c1-12(13-4-3-5-16(23)6-13)29-11-14-7-17-19(8-18(14)26-22(29)30)27-28-20(17)15-9-24-21(31-2)25-10-15/h3-6,9-10,12,14,17-20,27-28H,7-8,11H2,1-2H3,(H,26,30)/t12-,14?,17?,18?,19?,20?/m1/s1. The van der Waals surface area contributed by atoms with E-state index in [1.165, 1.54) is 0 Å². The number of nitrogens with one attached hydrogen (secondary N) is 3. The van der Waals surface area contributed by atoms with Crippen LogP contribution in [0.1, 0.15) is 43.0 Å². The molecule has 1 aromatic carbocycles. The van der Waals surface area contributed by atoms with Gasteiger partial charge in [-0.05, 0) is 49.3 Å². The van der Waals surface area contributed by atoms with E-state index in [2.05, 4.69) is 33.1 Å². The molecule has 1 aliphatic carbocycles. The van der Waals surface area contributed by atoms with Crippen molar-refractivity contribution in [3.05, 3.63) is 52.8 Å². The number of rotatable bonds is 4. The number of ether oxygens (including phenoxy) is 1. The molecule has 5 rings (SSSR count). The Hall–Kier alpha value is -2.42. The molecule has 1 saturated carbocycles. The molecule has 31 heavy (non-hydrogen) atoms. The number of urea groups is 1. The normalized spacial score (nSPS) is 30.9. The lowest BCUT2D eigenvalue weighted by Crippen LogP contribution is -2.61. The highest BCUT2D eigenvalue weighted by molar-refractivity contribution is 6.30. The van der Waals surface area contributed by atoms with Crippen LogP contribution < -0.4 is 20.9 Å². The fraction of sp³-hybridized carbons (Fsp3) is 0.500. The summed E-state index contributed by atoms with van der Waals surface area (Å²) in [6.07, 6.45) is 5.57. The van der Waals surface area contributed by atoms with Crippen LogP contribution in [0.2, 0.25) is 5.02 Å². The molecule has 0 spiro atoms. The van der Waals surface area contributed by atoms with E-state index in [-0.39, 0.29) is 24.2 Å². The first-order chi connectivity index (χ1) is 15.0. The highest BCUT2D eigenvalue weighted by atomic mass is 35.5.